The molecule has 5 nitrogen and oxygen atoms in total. The molecule has 0 bridgehead atoms. The molecule has 0 unspecified atom stereocenters. The molecule has 1 aliphatic carbocycles. The molecule has 1 heterocycles. The number of imidazole rings is 1. The Kier molecular flexibility index (Phi) is 8.50. The quantitative estimate of drug-likeness (QED) is 0.613. The number of hydrogen-bond donors (Lipinski definition) is 2. The van der Waals surface area contributed by atoms with Crippen molar-refractivity contribution in [3.8, 4) is 0 Å². The number of rotatable bonds is 6. The molecule has 1 fully saturated rings. The van der Waals surface area contributed by atoms with E-state index in [1.165, 1.54) is 5.56 Å². The number of halogens is 2. The standard InChI is InChI=1S/C22H26N4O.2ClH/c23-19-8-4-7-18(19)12-22(27)24-13-16-5-3-6-17(11-16)14-26-15-25-20-9-1-2-10-21(20)26;;/h1-3,5-6,9-11,15,18-19H,4,7-8,12-14,23H2,(H,24,27);2*1H/t18-,19+;;/m0../s1. The Hall–Kier alpha value is -2.08. The summed E-state index contributed by atoms with van der Waals surface area (Å²) in [5.74, 6) is 0.439. The van der Waals surface area contributed by atoms with Crippen molar-refractivity contribution >= 4 is 41.8 Å². The van der Waals surface area contributed by atoms with E-state index in [0.29, 0.717) is 18.9 Å². The van der Waals surface area contributed by atoms with Crippen molar-refractivity contribution in [2.45, 2.75) is 44.8 Å². The second-order valence-electron chi connectivity index (χ2n) is 7.52. The molecule has 156 valence electrons. The van der Waals surface area contributed by atoms with Gasteiger partial charge in [0.25, 0.3) is 0 Å². The molecular weight excluding hydrogens is 407 g/mol. The lowest BCUT2D eigenvalue weighted by atomic mass is 10.00. The van der Waals surface area contributed by atoms with Gasteiger partial charge in [-0.05, 0) is 42.0 Å². The lowest BCUT2D eigenvalue weighted by molar-refractivity contribution is -0.122. The van der Waals surface area contributed by atoms with Crippen LogP contribution in [0.5, 0.6) is 0 Å². The topological polar surface area (TPSA) is 72.9 Å². The number of carbonyl (C=O) groups excluding carboxylic acids is 1. The van der Waals surface area contributed by atoms with Crippen LogP contribution in [0.3, 0.4) is 0 Å². The van der Waals surface area contributed by atoms with Crippen LogP contribution in [-0.4, -0.2) is 21.5 Å². The minimum absolute atomic E-state index is 0. The first-order valence-corrected chi connectivity index (χ1v) is 9.69. The van der Waals surface area contributed by atoms with Gasteiger partial charge in [-0.2, -0.15) is 0 Å². The molecule has 1 aromatic heterocycles. The van der Waals surface area contributed by atoms with E-state index in [1.807, 2.05) is 30.6 Å². The highest BCUT2D eigenvalue weighted by Gasteiger charge is 2.25. The summed E-state index contributed by atoms with van der Waals surface area (Å²) in [4.78, 5) is 16.7. The largest absolute Gasteiger partial charge is 0.352 e. The molecule has 1 saturated carbocycles. The molecule has 0 spiro atoms. The van der Waals surface area contributed by atoms with E-state index in [-0.39, 0.29) is 36.8 Å². The zero-order chi connectivity index (χ0) is 18.6. The van der Waals surface area contributed by atoms with Crippen molar-refractivity contribution < 1.29 is 4.79 Å². The van der Waals surface area contributed by atoms with Crippen molar-refractivity contribution in [2.24, 2.45) is 11.7 Å². The number of nitrogens with two attached hydrogens (primary N) is 1. The smallest absolute Gasteiger partial charge is 0.220 e. The van der Waals surface area contributed by atoms with Gasteiger partial charge in [-0.3, -0.25) is 4.79 Å². The van der Waals surface area contributed by atoms with E-state index in [9.17, 15) is 4.79 Å². The fourth-order valence-electron chi connectivity index (χ4n) is 4.00. The molecule has 1 aliphatic rings. The summed E-state index contributed by atoms with van der Waals surface area (Å²) in [7, 11) is 0. The summed E-state index contributed by atoms with van der Waals surface area (Å²) in [5.41, 5.74) is 10.5. The Balaban J connectivity index is 0.00000150. The maximum absolute atomic E-state index is 12.2. The molecule has 0 radical (unpaired) electrons. The van der Waals surface area contributed by atoms with Crippen LogP contribution >= 0.6 is 24.8 Å². The number of nitrogens with zero attached hydrogens (tertiary/aromatic N) is 2. The lowest BCUT2D eigenvalue weighted by Gasteiger charge is -2.15. The highest BCUT2D eigenvalue weighted by molar-refractivity contribution is 5.85. The molecule has 2 aromatic carbocycles. The molecule has 0 saturated heterocycles. The Bertz CT molecular complexity index is 943. The number of nitrogens with one attached hydrogen (secondary N) is 1. The van der Waals surface area contributed by atoms with E-state index in [2.05, 4.69) is 39.1 Å². The first-order valence-electron chi connectivity index (χ1n) is 9.69. The van der Waals surface area contributed by atoms with E-state index in [4.69, 9.17) is 5.73 Å². The third kappa shape index (κ3) is 5.72. The number of fused-ring (bicyclic) bond motifs is 1. The summed E-state index contributed by atoms with van der Waals surface area (Å²) in [6.07, 6.45) is 5.68. The average molecular weight is 435 g/mol. The lowest BCUT2D eigenvalue weighted by Crippen LogP contribution is -2.31. The van der Waals surface area contributed by atoms with Crippen molar-refractivity contribution in [1.82, 2.24) is 14.9 Å². The predicted molar refractivity (Wildman–Crippen MR) is 122 cm³/mol. The fourth-order valence-corrected chi connectivity index (χ4v) is 4.00. The molecule has 7 heteroatoms. The van der Waals surface area contributed by atoms with E-state index in [1.54, 1.807) is 0 Å². The Morgan fingerprint density at radius 3 is 2.69 bits per heavy atom. The molecule has 2 atom stereocenters. The van der Waals surface area contributed by atoms with Gasteiger partial charge in [0.15, 0.2) is 0 Å². The van der Waals surface area contributed by atoms with Gasteiger partial charge in [0.05, 0.1) is 17.4 Å². The average Bonchev–Trinajstić information content (AvgIpc) is 3.27. The van der Waals surface area contributed by atoms with Crippen LogP contribution in [0.4, 0.5) is 0 Å². The molecule has 29 heavy (non-hydrogen) atoms. The van der Waals surface area contributed by atoms with E-state index in [0.717, 1.165) is 42.4 Å². The first kappa shape index (κ1) is 23.2. The van der Waals surface area contributed by atoms with Gasteiger partial charge < -0.3 is 15.6 Å². The molecule has 4 rings (SSSR count). The van der Waals surface area contributed by atoms with Crippen LogP contribution in [0.1, 0.15) is 36.8 Å². The molecular formula is C22H28Cl2N4O. The molecule has 0 aliphatic heterocycles. The highest BCUT2D eigenvalue weighted by atomic mass is 35.5. The summed E-state index contributed by atoms with van der Waals surface area (Å²) in [5, 5.41) is 3.05. The van der Waals surface area contributed by atoms with Gasteiger partial charge in [0.1, 0.15) is 0 Å². The number of aromatic nitrogens is 2. The Labute approximate surface area is 183 Å². The van der Waals surface area contributed by atoms with E-state index < -0.39 is 0 Å². The van der Waals surface area contributed by atoms with Crippen LogP contribution in [0, 0.1) is 5.92 Å². The summed E-state index contributed by atoms with van der Waals surface area (Å²) in [6.45, 7) is 1.32. The second-order valence-corrected chi connectivity index (χ2v) is 7.52. The van der Waals surface area contributed by atoms with Crippen LogP contribution < -0.4 is 11.1 Å². The summed E-state index contributed by atoms with van der Waals surface area (Å²) in [6, 6.07) is 16.7. The number of para-hydroxylation sites is 2. The van der Waals surface area contributed by atoms with Gasteiger partial charge in [0, 0.05) is 25.6 Å². The number of benzene rings is 2. The predicted octanol–water partition coefficient (Wildman–Crippen LogP) is 4.06. The Morgan fingerprint density at radius 2 is 1.90 bits per heavy atom. The SMILES string of the molecule is Cl.Cl.N[C@@H]1CCC[C@H]1CC(=O)NCc1cccc(Cn2cnc3ccccc32)c1. The van der Waals surface area contributed by atoms with Gasteiger partial charge in [-0.25, -0.2) is 4.98 Å². The third-order valence-corrected chi connectivity index (χ3v) is 5.53. The minimum Gasteiger partial charge on any atom is -0.352 e. The van der Waals surface area contributed by atoms with Crippen LogP contribution in [0.25, 0.3) is 11.0 Å². The normalized spacial score (nSPS) is 18.1. The van der Waals surface area contributed by atoms with Gasteiger partial charge in [0.2, 0.25) is 5.91 Å². The molecule has 3 aromatic rings. The second kappa shape index (κ2) is 10.6. The fraction of sp³-hybridized carbons (Fsp3) is 0.364. The Morgan fingerprint density at radius 1 is 1.10 bits per heavy atom. The highest BCUT2D eigenvalue weighted by Crippen LogP contribution is 2.26. The maximum atomic E-state index is 12.2. The summed E-state index contributed by atoms with van der Waals surface area (Å²) < 4.78 is 2.15. The molecule has 1 amide bonds. The zero-order valence-electron chi connectivity index (χ0n) is 16.3. The first-order chi connectivity index (χ1) is 13.2. The number of amides is 1. The van der Waals surface area contributed by atoms with Gasteiger partial charge in [-0.1, -0.05) is 42.8 Å². The molecule has 3 N–H and O–H groups in total. The maximum Gasteiger partial charge on any atom is 0.220 e. The van der Waals surface area contributed by atoms with Crippen molar-refractivity contribution in [3.63, 3.8) is 0 Å². The number of carbonyl (C=O) groups is 1. The van der Waals surface area contributed by atoms with Crippen molar-refractivity contribution in [2.75, 3.05) is 0 Å². The van der Waals surface area contributed by atoms with E-state index >= 15 is 0 Å². The van der Waals surface area contributed by atoms with Crippen LogP contribution in [0.2, 0.25) is 0 Å². The monoisotopic (exact) mass is 434 g/mol. The van der Waals surface area contributed by atoms with Crippen LogP contribution in [-0.2, 0) is 17.9 Å². The van der Waals surface area contributed by atoms with Crippen LogP contribution in [0.15, 0.2) is 54.9 Å². The minimum atomic E-state index is 0. The zero-order valence-corrected chi connectivity index (χ0v) is 17.9. The van der Waals surface area contributed by atoms with Gasteiger partial charge in [-0.15, -0.1) is 24.8 Å². The summed E-state index contributed by atoms with van der Waals surface area (Å²) >= 11 is 0. The third-order valence-electron chi connectivity index (χ3n) is 5.53. The van der Waals surface area contributed by atoms with Crippen molar-refractivity contribution in [1.29, 1.82) is 0 Å². The van der Waals surface area contributed by atoms with Crippen molar-refractivity contribution in [3.05, 3.63) is 66.0 Å². The van der Waals surface area contributed by atoms with Gasteiger partial charge >= 0.3 is 0 Å². The number of hydrogen-bond acceptors (Lipinski definition) is 3.